The average molecular weight is 312 g/mol. The zero-order chi connectivity index (χ0) is 15.6. The Labute approximate surface area is 136 Å². The van der Waals surface area contributed by atoms with E-state index in [1.54, 1.807) is 0 Å². The van der Waals surface area contributed by atoms with Gasteiger partial charge in [0.2, 0.25) is 0 Å². The molecule has 0 spiro atoms. The second kappa shape index (κ2) is 5.98. The van der Waals surface area contributed by atoms with E-state index in [-0.39, 0.29) is 0 Å². The van der Waals surface area contributed by atoms with Crippen LogP contribution in [0.25, 0.3) is 0 Å². The number of rotatable bonds is 3. The fourth-order valence-electron chi connectivity index (χ4n) is 2.91. The maximum absolute atomic E-state index is 9.73. The molecule has 0 saturated carbocycles. The average Bonchev–Trinajstić information content (AvgIpc) is 3.09. The fourth-order valence-corrected chi connectivity index (χ4v) is 3.10. The van der Waals surface area contributed by atoms with Crippen LogP contribution in [0.15, 0.2) is 42.6 Å². The molecule has 0 amide bonds. The number of aromatic nitrogens is 1. The van der Waals surface area contributed by atoms with Crippen molar-refractivity contribution in [1.82, 2.24) is 4.98 Å². The molecule has 0 aliphatic carbocycles. The molecule has 2 aromatic rings. The van der Waals surface area contributed by atoms with Crippen LogP contribution in [0.3, 0.4) is 0 Å². The largest absolute Gasteiger partial charge is 0.357 e. The number of nitriles is 1. The minimum atomic E-state index is -0.749. The third kappa shape index (κ3) is 2.67. The molecule has 112 valence electrons. The maximum Gasteiger partial charge on any atom is 0.128 e. The normalized spacial score (nSPS) is 17.0. The van der Waals surface area contributed by atoms with E-state index in [2.05, 4.69) is 16.0 Å². The third-order valence-electron chi connectivity index (χ3n) is 4.38. The van der Waals surface area contributed by atoms with Crippen LogP contribution >= 0.6 is 11.6 Å². The number of pyridine rings is 1. The molecule has 3 nitrogen and oxygen atoms in total. The van der Waals surface area contributed by atoms with E-state index >= 15 is 0 Å². The Bertz CT molecular complexity index is 699. The van der Waals surface area contributed by atoms with Crippen molar-refractivity contribution < 1.29 is 0 Å². The summed E-state index contributed by atoms with van der Waals surface area (Å²) < 4.78 is 0. The molecule has 22 heavy (non-hydrogen) atoms. The van der Waals surface area contributed by atoms with Crippen LogP contribution in [0, 0.1) is 11.3 Å². The monoisotopic (exact) mass is 311 g/mol. The molecule has 1 atom stereocenters. The second-order valence-electron chi connectivity index (χ2n) is 5.85. The van der Waals surface area contributed by atoms with Crippen LogP contribution < -0.4 is 4.90 Å². The highest BCUT2D eigenvalue weighted by Crippen LogP contribution is 2.33. The highest BCUT2D eigenvalue weighted by Gasteiger charge is 2.29. The van der Waals surface area contributed by atoms with Gasteiger partial charge in [0.05, 0.1) is 6.07 Å². The van der Waals surface area contributed by atoms with Crippen molar-refractivity contribution >= 4 is 17.4 Å². The van der Waals surface area contributed by atoms with Gasteiger partial charge in [-0.2, -0.15) is 5.26 Å². The van der Waals surface area contributed by atoms with E-state index in [1.807, 2.05) is 49.5 Å². The fraction of sp³-hybridized carbons (Fsp3) is 0.333. The Hall–Kier alpha value is -2.05. The molecule has 0 N–H and O–H groups in total. The number of halogens is 1. The molecule has 4 heteroatoms. The molecular weight excluding hydrogens is 294 g/mol. The van der Waals surface area contributed by atoms with E-state index in [0.29, 0.717) is 5.02 Å². The van der Waals surface area contributed by atoms with Gasteiger partial charge in [-0.1, -0.05) is 29.8 Å². The lowest BCUT2D eigenvalue weighted by Gasteiger charge is -2.24. The predicted molar refractivity (Wildman–Crippen MR) is 89.2 cm³/mol. The molecular formula is C18H18ClN3. The second-order valence-corrected chi connectivity index (χ2v) is 6.28. The first-order valence-electron chi connectivity index (χ1n) is 7.52. The first-order chi connectivity index (χ1) is 10.6. The van der Waals surface area contributed by atoms with Crippen LogP contribution in [-0.4, -0.2) is 18.1 Å². The first kappa shape index (κ1) is 14.9. The molecule has 1 aromatic heterocycles. The van der Waals surface area contributed by atoms with Crippen molar-refractivity contribution in [2.75, 3.05) is 18.0 Å². The van der Waals surface area contributed by atoms with Crippen LogP contribution in [0.1, 0.15) is 30.9 Å². The van der Waals surface area contributed by atoms with E-state index in [1.165, 1.54) is 12.8 Å². The smallest absolute Gasteiger partial charge is 0.128 e. The quantitative estimate of drug-likeness (QED) is 0.854. The minimum Gasteiger partial charge on any atom is -0.357 e. The molecule has 1 aliphatic rings. The predicted octanol–water partition coefficient (Wildman–Crippen LogP) is 4.16. The zero-order valence-corrected chi connectivity index (χ0v) is 13.3. The van der Waals surface area contributed by atoms with Gasteiger partial charge in [-0.3, -0.25) is 0 Å². The van der Waals surface area contributed by atoms with Crippen molar-refractivity contribution in [3.63, 3.8) is 0 Å². The van der Waals surface area contributed by atoms with E-state index in [4.69, 9.17) is 11.6 Å². The summed E-state index contributed by atoms with van der Waals surface area (Å²) >= 11 is 6.07. The van der Waals surface area contributed by atoms with E-state index in [9.17, 15) is 5.26 Å². The van der Waals surface area contributed by atoms with Gasteiger partial charge in [-0.05, 0) is 49.1 Å². The lowest BCUT2D eigenvalue weighted by Crippen LogP contribution is -2.23. The summed E-state index contributed by atoms with van der Waals surface area (Å²) in [6, 6.07) is 13.9. The van der Waals surface area contributed by atoms with Crippen molar-refractivity contribution in [1.29, 1.82) is 5.26 Å². The SMILES string of the molecule is CC(C#N)(c1ccc(N2CCCC2)nc1)c1cccc(Cl)c1. The van der Waals surface area contributed by atoms with Gasteiger partial charge in [0.15, 0.2) is 0 Å². The van der Waals surface area contributed by atoms with Gasteiger partial charge in [0.25, 0.3) is 0 Å². The number of anilines is 1. The Balaban J connectivity index is 1.95. The summed E-state index contributed by atoms with van der Waals surface area (Å²) in [7, 11) is 0. The van der Waals surface area contributed by atoms with Crippen LogP contribution in [0.2, 0.25) is 5.02 Å². The van der Waals surface area contributed by atoms with Gasteiger partial charge in [-0.15, -0.1) is 0 Å². The van der Waals surface area contributed by atoms with Crippen molar-refractivity contribution in [3.05, 3.63) is 58.7 Å². The van der Waals surface area contributed by atoms with Gasteiger partial charge >= 0.3 is 0 Å². The first-order valence-corrected chi connectivity index (χ1v) is 7.90. The Morgan fingerprint density at radius 3 is 2.55 bits per heavy atom. The van der Waals surface area contributed by atoms with Gasteiger partial charge < -0.3 is 4.90 Å². The van der Waals surface area contributed by atoms with Crippen LogP contribution in [0.4, 0.5) is 5.82 Å². The number of benzene rings is 1. The molecule has 0 radical (unpaired) electrons. The van der Waals surface area contributed by atoms with E-state index in [0.717, 1.165) is 30.0 Å². The topological polar surface area (TPSA) is 39.9 Å². The van der Waals surface area contributed by atoms with Crippen LogP contribution in [-0.2, 0) is 5.41 Å². The lowest BCUT2D eigenvalue weighted by atomic mass is 9.78. The lowest BCUT2D eigenvalue weighted by molar-refractivity contribution is 0.734. The van der Waals surface area contributed by atoms with Crippen molar-refractivity contribution in [2.24, 2.45) is 0 Å². The molecule has 1 fully saturated rings. The van der Waals surface area contributed by atoms with Gasteiger partial charge in [0, 0.05) is 24.3 Å². The number of hydrogen-bond acceptors (Lipinski definition) is 3. The van der Waals surface area contributed by atoms with Crippen LogP contribution in [0.5, 0.6) is 0 Å². The summed E-state index contributed by atoms with van der Waals surface area (Å²) in [5.41, 5.74) is 1.03. The van der Waals surface area contributed by atoms with Crippen molar-refractivity contribution in [2.45, 2.75) is 25.2 Å². The van der Waals surface area contributed by atoms with Gasteiger partial charge in [-0.25, -0.2) is 4.98 Å². The Kier molecular flexibility index (Phi) is 4.04. The zero-order valence-electron chi connectivity index (χ0n) is 12.6. The molecule has 2 heterocycles. The molecule has 1 saturated heterocycles. The minimum absolute atomic E-state index is 0.639. The summed E-state index contributed by atoms with van der Waals surface area (Å²) in [6.07, 6.45) is 4.27. The highest BCUT2D eigenvalue weighted by molar-refractivity contribution is 6.30. The number of nitrogens with zero attached hydrogens (tertiary/aromatic N) is 3. The summed E-state index contributed by atoms with van der Waals surface area (Å²) in [4.78, 5) is 6.85. The summed E-state index contributed by atoms with van der Waals surface area (Å²) in [5, 5.41) is 10.4. The maximum atomic E-state index is 9.73. The molecule has 1 aromatic carbocycles. The molecule has 3 rings (SSSR count). The summed E-state index contributed by atoms with van der Waals surface area (Å²) in [5.74, 6) is 0.993. The third-order valence-corrected chi connectivity index (χ3v) is 4.62. The molecule has 1 aliphatic heterocycles. The van der Waals surface area contributed by atoms with Gasteiger partial charge in [0.1, 0.15) is 11.2 Å². The highest BCUT2D eigenvalue weighted by atomic mass is 35.5. The Morgan fingerprint density at radius 2 is 1.95 bits per heavy atom. The number of hydrogen-bond donors (Lipinski definition) is 0. The van der Waals surface area contributed by atoms with E-state index < -0.39 is 5.41 Å². The van der Waals surface area contributed by atoms with Crippen molar-refractivity contribution in [3.8, 4) is 6.07 Å². The molecule has 1 unspecified atom stereocenters. The summed E-state index contributed by atoms with van der Waals surface area (Å²) in [6.45, 7) is 4.04. The standard InChI is InChI=1S/C18H18ClN3/c1-18(13-20,14-5-4-6-16(19)11-14)15-7-8-17(21-12-15)22-9-2-3-10-22/h4-8,11-12H,2-3,9-10H2,1H3. The Morgan fingerprint density at radius 1 is 1.18 bits per heavy atom. The molecule has 0 bridgehead atoms.